The minimum atomic E-state index is -0.328. The Kier molecular flexibility index (Phi) is 4.75. The number of carbonyl (C=O) groups excluding carboxylic acids is 1. The molecule has 0 aliphatic carbocycles. The summed E-state index contributed by atoms with van der Waals surface area (Å²) >= 11 is 1.29. The average Bonchev–Trinajstić information content (AvgIpc) is 2.74. The second kappa shape index (κ2) is 6.39. The van der Waals surface area contributed by atoms with Crippen LogP contribution in [0.15, 0.2) is 17.3 Å². The van der Waals surface area contributed by atoms with Crippen LogP contribution in [-0.2, 0) is 4.79 Å². The molecular weight excluding hydrogens is 298 g/mol. The molecule has 0 spiro atoms. The number of nitrogen functional groups attached to an aromatic ring is 1. The van der Waals surface area contributed by atoms with E-state index in [1.807, 2.05) is 27.7 Å². The molecule has 7 heteroatoms. The lowest BCUT2D eigenvalue weighted by Gasteiger charge is -2.15. The van der Waals surface area contributed by atoms with Crippen molar-refractivity contribution in [2.45, 2.75) is 45.0 Å². The zero-order chi connectivity index (χ0) is 16.4. The number of hydrogen-bond donors (Lipinski definition) is 2. The molecule has 1 heterocycles. The van der Waals surface area contributed by atoms with Gasteiger partial charge in [0.2, 0.25) is 11.1 Å². The van der Waals surface area contributed by atoms with Crippen LogP contribution in [0.5, 0.6) is 0 Å². The van der Waals surface area contributed by atoms with Gasteiger partial charge in [0, 0.05) is 5.69 Å². The number of aromatic nitrogens is 3. The van der Waals surface area contributed by atoms with Gasteiger partial charge in [-0.3, -0.25) is 4.79 Å². The number of benzene rings is 1. The van der Waals surface area contributed by atoms with Crippen molar-refractivity contribution < 1.29 is 4.79 Å². The summed E-state index contributed by atoms with van der Waals surface area (Å²) in [5.41, 5.74) is 4.16. The van der Waals surface area contributed by atoms with Gasteiger partial charge in [-0.15, -0.1) is 10.2 Å². The van der Waals surface area contributed by atoms with Crippen LogP contribution in [0.25, 0.3) is 0 Å². The van der Waals surface area contributed by atoms with E-state index >= 15 is 0 Å². The molecule has 6 nitrogen and oxygen atoms in total. The number of nitrogens with two attached hydrogens (primary N) is 1. The summed E-state index contributed by atoms with van der Waals surface area (Å²) in [5.74, 6) is 6.34. The molecule has 1 aromatic carbocycles. The molecular formula is C15H21N5OS. The summed E-state index contributed by atoms with van der Waals surface area (Å²) in [4.78, 5) is 12.4. The second-order valence-corrected chi connectivity index (χ2v) is 6.73. The average molecular weight is 319 g/mol. The Hall–Kier alpha value is -2.02. The smallest absolute Gasteiger partial charge is 0.237 e. The number of nitrogens with zero attached hydrogens (tertiary/aromatic N) is 3. The standard InChI is InChI=1S/C15H21N5OS/c1-8-6-9(2)13(10(3)7-8)17-14(21)11(4)22-15-19-18-12(5)20(15)16/h6-7,11H,16H2,1-5H3,(H,17,21)/t11-/m1/s1. The first-order chi connectivity index (χ1) is 10.3. The second-order valence-electron chi connectivity index (χ2n) is 5.42. The topological polar surface area (TPSA) is 85.8 Å². The third-order valence-corrected chi connectivity index (χ3v) is 4.47. The van der Waals surface area contributed by atoms with Gasteiger partial charge >= 0.3 is 0 Å². The highest BCUT2D eigenvalue weighted by Crippen LogP contribution is 2.25. The number of hydrogen-bond acceptors (Lipinski definition) is 5. The lowest BCUT2D eigenvalue weighted by Crippen LogP contribution is -2.24. The van der Waals surface area contributed by atoms with E-state index in [0.717, 1.165) is 16.8 Å². The number of anilines is 1. The zero-order valence-corrected chi connectivity index (χ0v) is 14.3. The lowest BCUT2D eigenvalue weighted by molar-refractivity contribution is -0.115. The van der Waals surface area contributed by atoms with Crippen molar-refractivity contribution in [1.82, 2.24) is 14.9 Å². The van der Waals surface area contributed by atoms with E-state index < -0.39 is 0 Å². The Balaban J connectivity index is 2.11. The largest absolute Gasteiger partial charge is 0.336 e. The van der Waals surface area contributed by atoms with Crippen LogP contribution in [0.3, 0.4) is 0 Å². The molecule has 118 valence electrons. The molecule has 2 aromatic rings. The predicted molar refractivity (Wildman–Crippen MR) is 89.5 cm³/mol. The molecule has 1 atom stereocenters. The first kappa shape index (κ1) is 16.4. The number of rotatable bonds is 4. The normalized spacial score (nSPS) is 12.2. The van der Waals surface area contributed by atoms with E-state index in [-0.39, 0.29) is 11.2 Å². The van der Waals surface area contributed by atoms with Crippen molar-refractivity contribution in [1.29, 1.82) is 0 Å². The maximum Gasteiger partial charge on any atom is 0.237 e. The Labute approximate surface area is 134 Å². The molecule has 0 aliphatic rings. The predicted octanol–water partition coefficient (Wildman–Crippen LogP) is 2.34. The van der Waals surface area contributed by atoms with Crippen LogP contribution >= 0.6 is 11.8 Å². The molecule has 0 unspecified atom stereocenters. The Bertz CT molecular complexity index is 687. The minimum Gasteiger partial charge on any atom is -0.336 e. The van der Waals surface area contributed by atoms with E-state index in [1.54, 1.807) is 6.92 Å². The van der Waals surface area contributed by atoms with Crippen molar-refractivity contribution in [3.05, 3.63) is 34.6 Å². The highest BCUT2D eigenvalue weighted by atomic mass is 32.2. The van der Waals surface area contributed by atoms with Crippen LogP contribution in [0.2, 0.25) is 0 Å². The molecule has 0 saturated heterocycles. The van der Waals surface area contributed by atoms with Gasteiger partial charge < -0.3 is 11.2 Å². The monoisotopic (exact) mass is 319 g/mol. The van der Waals surface area contributed by atoms with Crippen molar-refractivity contribution in [2.75, 3.05) is 11.2 Å². The van der Waals surface area contributed by atoms with Crippen LogP contribution in [-0.4, -0.2) is 26.0 Å². The molecule has 3 N–H and O–H groups in total. The highest BCUT2D eigenvalue weighted by molar-refractivity contribution is 8.00. The van der Waals surface area contributed by atoms with Crippen molar-refractivity contribution in [3.8, 4) is 0 Å². The van der Waals surface area contributed by atoms with Crippen molar-refractivity contribution in [2.24, 2.45) is 0 Å². The molecule has 1 amide bonds. The molecule has 0 bridgehead atoms. The van der Waals surface area contributed by atoms with Crippen LogP contribution < -0.4 is 11.2 Å². The van der Waals surface area contributed by atoms with Crippen LogP contribution in [0.4, 0.5) is 5.69 Å². The SMILES string of the molecule is Cc1cc(C)c(NC(=O)[C@@H](C)Sc2nnc(C)n2N)c(C)c1. The maximum absolute atomic E-state index is 12.4. The van der Waals surface area contributed by atoms with Gasteiger partial charge in [0.1, 0.15) is 5.82 Å². The molecule has 0 fully saturated rings. The number of aryl methyl sites for hydroxylation is 4. The number of amides is 1. The van der Waals surface area contributed by atoms with E-state index in [0.29, 0.717) is 11.0 Å². The zero-order valence-electron chi connectivity index (χ0n) is 13.5. The molecule has 22 heavy (non-hydrogen) atoms. The van der Waals surface area contributed by atoms with Gasteiger partial charge in [-0.25, -0.2) is 4.68 Å². The summed E-state index contributed by atoms with van der Waals surface area (Å²) in [6, 6.07) is 4.11. The van der Waals surface area contributed by atoms with Gasteiger partial charge in [-0.05, 0) is 45.7 Å². The van der Waals surface area contributed by atoms with E-state index in [1.165, 1.54) is 22.0 Å². The first-order valence-corrected chi connectivity index (χ1v) is 7.90. The van der Waals surface area contributed by atoms with Gasteiger partial charge in [0.05, 0.1) is 5.25 Å². The Morgan fingerprint density at radius 3 is 2.32 bits per heavy atom. The van der Waals surface area contributed by atoms with Gasteiger partial charge in [0.25, 0.3) is 0 Å². The fourth-order valence-electron chi connectivity index (χ4n) is 2.24. The summed E-state index contributed by atoms with van der Waals surface area (Å²) < 4.78 is 1.39. The first-order valence-electron chi connectivity index (χ1n) is 7.02. The summed E-state index contributed by atoms with van der Waals surface area (Å²) in [5, 5.41) is 11.0. The fourth-order valence-corrected chi connectivity index (χ4v) is 3.06. The fraction of sp³-hybridized carbons (Fsp3) is 0.400. The molecule has 0 saturated carbocycles. The molecule has 2 rings (SSSR count). The van der Waals surface area contributed by atoms with E-state index in [4.69, 9.17) is 5.84 Å². The summed E-state index contributed by atoms with van der Waals surface area (Å²) in [6.07, 6.45) is 0. The molecule has 1 aromatic heterocycles. The summed E-state index contributed by atoms with van der Waals surface area (Å²) in [6.45, 7) is 9.62. The van der Waals surface area contributed by atoms with E-state index in [9.17, 15) is 4.79 Å². The van der Waals surface area contributed by atoms with Gasteiger partial charge in [-0.1, -0.05) is 29.5 Å². The highest BCUT2D eigenvalue weighted by Gasteiger charge is 2.19. The minimum absolute atomic E-state index is 0.0827. The number of carbonyl (C=O) groups is 1. The lowest BCUT2D eigenvalue weighted by atomic mass is 10.1. The number of thioether (sulfide) groups is 1. The maximum atomic E-state index is 12.4. The Morgan fingerprint density at radius 2 is 1.82 bits per heavy atom. The molecule has 0 radical (unpaired) electrons. The van der Waals surface area contributed by atoms with Crippen LogP contribution in [0, 0.1) is 27.7 Å². The van der Waals surface area contributed by atoms with Crippen LogP contribution in [0.1, 0.15) is 29.4 Å². The van der Waals surface area contributed by atoms with Crippen molar-refractivity contribution in [3.63, 3.8) is 0 Å². The summed E-state index contributed by atoms with van der Waals surface area (Å²) in [7, 11) is 0. The van der Waals surface area contributed by atoms with Gasteiger partial charge in [0.15, 0.2) is 0 Å². The number of nitrogens with one attached hydrogen (secondary N) is 1. The molecule has 0 aliphatic heterocycles. The third kappa shape index (κ3) is 3.41. The van der Waals surface area contributed by atoms with Crippen molar-refractivity contribution >= 4 is 23.4 Å². The third-order valence-electron chi connectivity index (χ3n) is 3.41. The quantitative estimate of drug-likeness (QED) is 0.667. The Morgan fingerprint density at radius 1 is 1.23 bits per heavy atom. The van der Waals surface area contributed by atoms with Gasteiger partial charge in [-0.2, -0.15) is 0 Å². The van der Waals surface area contributed by atoms with E-state index in [2.05, 4.69) is 27.6 Å².